The Labute approximate surface area is 150 Å². The summed E-state index contributed by atoms with van der Waals surface area (Å²) in [5.74, 6) is -0.583. The van der Waals surface area contributed by atoms with Crippen LogP contribution >= 0.6 is 0 Å². The third-order valence-corrected chi connectivity index (χ3v) is 6.12. The maximum absolute atomic E-state index is 12.6. The molecule has 1 aromatic rings. The summed E-state index contributed by atoms with van der Waals surface area (Å²) in [5, 5.41) is 18.9. The van der Waals surface area contributed by atoms with Crippen LogP contribution in [0.3, 0.4) is 0 Å². The quantitative estimate of drug-likeness (QED) is 0.417. The van der Waals surface area contributed by atoms with Crippen LogP contribution in [0.2, 0.25) is 0 Å². The zero-order chi connectivity index (χ0) is 19.1. The SMILES string of the molecule is Cc1ccc(NC(=O)C2NNC3CCC([N+](=O)[O-])CC32)cc1S(N)(=O)=O. The van der Waals surface area contributed by atoms with E-state index in [1.54, 1.807) is 19.1 Å². The standard InChI is InChI=1S/C15H21N5O5S/c1-8-2-3-9(6-13(8)26(16,24)25)17-15(21)14-11-7-10(20(22)23)4-5-12(11)18-19-14/h2-3,6,10-12,14,18-19H,4-5,7H2,1H3,(H,17,21)(H2,16,24,25). The molecule has 1 saturated carbocycles. The minimum absolute atomic E-state index is 0.0000478. The van der Waals surface area contributed by atoms with Crippen molar-refractivity contribution in [2.45, 2.75) is 49.2 Å². The molecule has 142 valence electrons. The zero-order valence-corrected chi connectivity index (χ0v) is 15.0. The highest BCUT2D eigenvalue weighted by molar-refractivity contribution is 7.89. The minimum Gasteiger partial charge on any atom is -0.325 e. The van der Waals surface area contributed by atoms with E-state index in [1.165, 1.54) is 6.07 Å². The van der Waals surface area contributed by atoms with Crippen LogP contribution in [0.25, 0.3) is 0 Å². The lowest BCUT2D eigenvalue weighted by atomic mass is 9.79. The number of amides is 1. The predicted octanol–water partition coefficient (Wildman–Crippen LogP) is -0.129. The molecule has 1 aromatic carbocycles. The number of hydrogen-bond acceptors (Lipinski definition) is 7. The first-order valence-corrected chi connectivity index (χ1v) is 9.80. The van der Waals surface area contributed by atoms with E-state index in [0.29, 0.717) is 30.5 Å². The Bertz CT molecular complexity index is 843. The number of carbonyl (C=O) groups excluding carboxylic acids is 1. The molecule has 11 heteroatoms. The molecule has 1 heterocycles. The number of nitrogens with zero attached hydrogens (tertiary/aromatic N) is 1. The number of nitrogens with one attached hydrogen (secondary N) is 3. The van der Waals surface area contributed by atoms with Gasteiger partial charge >= 0.3 is 0 Å². The Balaban J connectivity index is 1.75. The highest BCUT2D eigenvalue weighted by Crippen LogP contribution is 2.32. The molecule has 0 spiro atoms. The van der Waals surface area contributed by atoms with E-state index >= 15 is 0 Å². The minimum atomic E-state index is -3.90. The number of nitro groups is 1. The number of carbonyl (C=O) groups is 1. The topological polar surface area (TPSA) is 156 Å². The van der Waals surface area contributed by atoms with Gasteiger partial charge in [0.2, 0.25) is 22.0 Å². The second kappa shape index (κ2) is 6.91. The first kappa shape index (κ1) is 18.7. The first-order valence-electron chi connectivity index (χ1n) is 8.25. The molecule has 0 bridgehead atoms. The number of nitrogens with two attached hydrogens (primary N) is 1. The van der Waals surface area contributed by atoms with Gasteiger partial charge < -0.3 is 5.32 Å². The molecule has 0 radical (unpaired) electrons. The van der Waals surface area contributed by atoms with E-state index in [-0.39, 0.29) is 27.7 Å². The van der Waals surface area contributed by atoms with E-state index in [2.05, 4.69) is 16.2 Å². The monoisotopic (exact) mass is 383 g/mol. The molecule has 4 atom stereocenters. The van der Waals surface area contributed by atoms with Crippen molar-refractivity contribution in [2.75, 3.05) is 5.32 Å². The van der Waals surface area contributed by atoms with Crippen LogP contribution in [0.15, 0.2) is 23.1 Å². The highest BCUT2D eigenvalue weighted by atomic mass is 32.2. The molecule has 2 fully saturated rings. The van der Waals surface area contributed by atoms with Gasteiger partial charge in [-0.3, -0.25) is 20.3 Å². The van der Waals surface area contributed by atoms with Crippen molar-refractivity contribution in [3.05, 3.63) is 33.9 Å². The Hall–Kier alpha value is -2.08. The van der Waals surface area contributed by atoms with Crippen LogP contribution in [0.4, 0.5) is 5.69 Å². The molecule has 1 aliphatic carbocycles. The number of anilines is 1. The normalized spacial score (nSPS) is 28.4. The summed E-state index contributed by atoms with van der Waals surface area (Å²) in [6.07, 6.45) is 1.41. The van der Waals surface area contributed by atoms with Crippen LogP contribution in [0, 0.1) is 23.0 Å². The average Bonchev–Trinajstić information content (AvgIpc) is 2.98. The smallest absolute Gasteiger partial charge is 0.243 e. The van der Waals surface area contributed by atoms with Gasteiger partial charge in [0.25, 0.3) is 0 Å². The molecule has 4 unspecified atom stereocenters. The van der Waals surface area contributed by atoms with Crippen molar-refractivity contribution in [3.8, 4) is 0 Å². The van der Waals surface area contributed by atoms with Gasteiger partial charge in [0, 0.05) is 35.4 Å². The molecule has 26 heavy (non-hydrogen) atoms. The Morgan fingerprint density at radius 1 is 1.35 bits per heavy atom. The fourth-order valence-corrected chi connectivity index (χ4v) is 4.50. The van der Waals surface area contributed by atoms with Crippen LogP contribution in [0.5, 0.6) is 0 Å². The summed E-state index contributed by atoms with van der Waals surface area (Å²) in [6, 6.07) is 3.16. The van der Waals surface area contributed by atoms with Gasteiger partial charge in [0.15, 0.2) is 0 Å². The number of rotatable bonds is 4. The van der Waals surface area contributed by atoms with E-state index in [9.17, 15) is 23.3 Å². The van der Waals surface area contributed by atoms with Crippen LogP contribution in [0.1, 0.15) is 24.8 Å². The maximum atomic E-state index is 12.6. The van der Waals surface area contributed by atoms with Gasteiger partial charge in [-0.25, -0.2) is 19.0 Å². The number of primary sulfonamides is 1. The largest absolute Gasteiger partial charge is 0.325 e. The maximum Gasteiger partial charge on any atom is 0.243 e. The molecule has 1 amide bonds. The lowest BCUT2D eigenvalue weighted by Crippen LogP contribution is -2.44. The second-order valence-corrected chi connectivity index (χ2v) is 8.33. The molecule has 1 saturated heterocycles. The average molecular weight is 383 g/mol. The molecular formula is C15H21N5O5S. The van der Waals surface area contributed by atoms with Gasteiger partial charge in [-0.05, 0) is 31.0 Å². The van der Waals surface area contributed by atoms with Crippen LogP contribution in [-0.4, -0.2) is 37.4 Å². The summed E-state index contributed by atoms with van der Waals surface area (Å²) in [7, 11) is -3.90. The molecule has 0 aromatic heterocycles. The Morgan fingerprint density at radius 3 is 2.73 bits per heavy atom. The van der Waals surface area contributed by atoms with Crippen molar-refractivity contribution in [3.63, 3.8) is 0 Å². The first-order chi connectivity index (χ1) is 12.2. The second-order valence-electron chi connectivity index (χ2n) is 6.80. The number of fused-ring (bicyclic) bond motifs is 1. The van der Waals surface area contributed by atoms with Gasteiger partial charge in [-0.15, -0.1) is 0 Å². The molecule has 10 nitrogen and oxygen atoms in total. The van der Waals surface area contributed by atoms with E-state index in [4.69, 9.17) is 5.14 Å². The molecular weight excluding hydrogens is 362 g/mol. The van der Waals surface area contributed by atoms with Crippen LogP contribution in [-0.2, 0) is 14.8 Å². The summed E-state index contributed by atoms with van der Waals surface area (Å²) in [4.78, 5) is 23.3. The third-order valence-electron chi connectivity index (χ3n) is 5.07. The molecule has 2 aliphatic rings. The molecule has 1 aliphatic heterocycles. The van der Waals surface area contributed by atoms with Crippen molar-refractivity contribution < 1.29 is 18.1 Å². The predicted molar refractivity (Wildman–Crippen MR) is 93.2 cm³/mol. The van der Waals surface area contributed by atoms with E-state index in [1.807, 2.05) is 0 Å². The van der Waals surface area contributed by atoms with Crippen molar-refractivity contribution in [1.82, 2.24) is 10.9 Å². The fraction of sp³-hybridized carbons (Fsp3) is 0.533. The lowest BCUT2D eigenvalue weighted by Gasteiger charge is -2.28. The number of sulfonamides is 1. The fourth-order valence-electron chi connectivity index (χ4n) is 3.69. The molecule has 3 rings (SSSR count). The Kier molecular flexibility index (Phi) is 4.97. The van der Waals surface area contributed by atoms with Crippen LogP contribution < -0.4 is 21.3 Å². The van der Waals surface area contributed by atoms with Gasteiger partial charge in [0.1, 0.15) is 6.04 Å². The third kappa shape index (κ3) is 3.70. The van der Waals surface area contributed by atoms with E-state index < -0.39 is 22.1 Å². The zero-order valence-electron chi connectivity index (χ0n) is 14.1. The number of hydrazine groups is 1. The van der Waals surface area contributed by atoms with Crippen molar-refractivity contribution in [1.29, 1.82) is 0 Å². The summed E-state index contributed by atoms with van der Waals surface area (Å²) < 4.78 is 23.2. The lowest BCUT2D eigenvalue weighted by molar-refractivity contribution is -0.528. The number of benzene rings is 1. The highest BCUT2D eigenvalue weighted by Gasteiger charge is 2.46. The summed E-state index contributed by atoms with van der Waals surface area (Å²) >= 11 is 0. The van der Waals surface area contributed by atoms with Gasteiger partial charge in [-0.1, -0.05) is 6.07 Å². The summed E-state index contributed by atoms with van der Waals surface area (Å²) in [5.41, 5.74) is 6.72. The Morgan fingerprint density at radius 2 is 2.08 bits per heavy atom. The molecule has 5 N–H and O–H groups in total. The summed E-state index contributed by atoms with van der Waals surface area (Å²) in [6.45, 7) is 1.61. The van der Waals surface area contributed by atoms with E-state index in [0.717, 1.165) is 0 Å². The van der Waals surface area contributed by atoms with Crippen molar-refractivity contribution in [2.24, 2.45) is 11.1 Å². The van der Waals surface area contributed by atoms with Gasteiger partial charge in [-0.2, -0.15) is 0 Å². The number of hydrogen-bond donors (Lipinski definition) is 4. The number of aryl methyl sites for hydroxylation is 1. The van der Waals surface area contributed by atoms with Gasteiger partial charge in [0.05, 0.1) is 4.90 Å². The van der Waals surface area contributed by atoms with Crippen molar-refractivity contribution >= 4 is 21.6 Å².